The molecule has 0 unspecified atom stereocenters. The van der Waals surface area contributed by atoms with Gasteiger partial charge in [0.2, 0.25) is 0 Å². The van der Waals surface area contributed by atoms with Crippen molar-refractivity contribution >= 4 is 40.6 Å². The normalized spacial score (nSPS) is 10.6. The largest absolute Gasteiger partial charge is 0.322 e. The highest BCUT2D eigenvalue weighted by atomic mass is 35.5. The molecule has 0 aliphatic rings. The molecule has 0 aliphatic heterocycles. The van der Waals surface area contributed by atoms with E-state index in [1.165, 1.54) is 24.5 Å². The Morgan fingerprint density at radius 2 is 2.07 bits per heavy atom. The molecular weight excluding hydrogens is 390 g/mol. The Balaban J connectivity index is 1.86. The zero-order valence-corrected chi connectivity index (χ0v) is 15.9. The maximum absolute atomic E-state index is 12.5. The van der Waals surface area contributed by atoms with E-state index in [0.29, 0.717) is 20.8 Å². The van der Waals surface area contributed by atoms with Gasteiger partial charge in [-0.2, -0.15) is 0 Å². The molecule has 8 nitrogen and oxygen atoms in total. The van der Waals surface area contributed by atoms with Crippen molar-refractivity contribution in [3.05, 3.63) is 69.0 Å². The van der Waals surface area contributed by atoms with Crippen LogP contribution in [0.4, 0.5) is 11.4 Å². The quantitative estimate of drug-likeness (QED) is 0.508. The molecule has 1 amide bonds. The molecule has 0 radical (unpaired) electrons. The second-order valence-electron chi connectivity index (χ2n) is 5.68. The van der Waals surface area contributed by atoms with Gasteiger partial charge in [0.1, 0.15) is 6.33 Å². The number of rotatable bonds is 5. The molecule has 138 valence electrons. The summed E-state index contributed by atoms with van der Waals surface area (Å²) in [4.78, 5) is 23.7. The standard InChI is InChI=1S/C17H14ClN5O3S/c1-10-3-5-12(8-13(10)18)20-16(24)11-4-6-15(14(7-11)23(25)26)27-17-21-19-9-22(17)2/h3-9H,1-2H3,(H,20,24). The SMILES string of the molecule is Cc1ccc(NC(=O)c2ccc(Sc3nncn3C)c([N+](=O)[O-])c2)cc1Cl. The third-order valence-electron chi connectivity index (χ3n) is 3.72. The summed E-state index contributed by atoms with van der Waals surface area (Å²) in [5.41, 5.74) is 1.38. The number of carbonyl (C=O) groups is 1. The summed E-state index contributed by atoms with van der Waals surface area (Å²) >= 11 is 7.16. The molecule has 0 saturated heterocycles. The van der Waals surface area contributed by atoms with Crippen LogP contribution < -0.4 is 5.32 Å². The van der Waals surface area contributed by atoms with Gasteiger partial charge >= 0.3 is 0 Å². The monoisotopic (exact) mass is 403 g/mol. The van der Waals surface area contributed by atoms with Crippen LogP contribution in [0.2, 0.25) is 5.02 Å². The smallest absolute Gasteiger partial charge is 0.284 e. The first kappa shape index (κ1) is 18.9. The third-order valence-corrected chi connectivity index (χ3v) is 5.24. The summed E-state index contributed by atoms with van der Waals surface area (Å²) in [5, 5.41) is 22.8. The lowest BCUT2D eigenvalue weighted by molar-refractivity contribution is -0.387. The van der Waals surface area contributed by atoms with Crippen molar-refractivity contribution in [2.24, 2.45) is 7.05 Å². The van der Waals surface area contributed by atoms with Crippen LogP contribution in [-0.2, 0) is 7.05 Å². The van der Waals surface area contributed by atoms with Crippen LogP contribution in [0.3, 0.4) is 0 Å². The van der Waals surface area contributed by atoms with Crippen molar-refractivity contribution in [3.63, 3.8) is 0 Å². The highest BCUT2D eigenvalue weighted by molar-refractivity contribution is 7.99. The molecule has 27 heavy (non-hydrogen) atoms. The van der Waals surface area contributed by atoms with Crippen LogP contribution in [0.1, 0.15) is 15.9 Å². The van der Waals surface area contributed by atoms with Crippen LogP contribution in [-0.4, -0.2) is 25.6 Å². The van der Waals surface area contributed by atoms with Crippen molar-refractivity contribution in [2.75, 3.05) is 5.32 Å². The van der Waals surface area contributed by atoms with Crippen molar-refractivity contribution in [3.8, 4) is 0 Å². The molecule has 10 heteroatoms. The Morgan fingerprint density at radius 3 is 2.70 bits per heavy atom. The highest BCUT2D eigenvalue weighted by Crippen LogP contribution is 2.34. The van der Waals surface area contributed by atoms with E-state index in [4.69, 9.17) is 11.6 Å². The number of aromatic nitrogens is 3. The minimum atomic E-state index is -0.530. The number of anilines is 1. The number of hydrogen-bond donors (Lipinski definition) is 1. The summed E-state index contributed by atoms with van der Waals surface area (Å²) in [6.07, 6.45) is 1.50. The summed E-state index contributed by atoms with van der Waals surface area (Å²) in [6, 6.07) is 9.41. The molecule has 3 aromatic rings. The fourth-order valence-electron chi connectivity index (χ4n) is 2.22. The topological polar surface area (TPSA) is 103 Å². The number of carbonyl (C=O) groups excluding carboxylic acids is 1. The number of halogens is 1. The fourth-order valence-corrected chi connectivity index (χ4v) is 3.26. The average molecular weight is 404 g/mol. The Kier molecular flexibility index (Phi) is 5.43. The molecule has 3 rings (SSSR count). The maximum Gasteiger partial charge on any atom is 0.284 e. The number of aryl methyl sites for hydroxylation is 2. The second kappa shape index (κ2) is 7.77. The first-order valence-electron chi connectivity index (χ1n) is 7.73. The molecule has 1 aromatic heterocycles. The van der Waals surface area contributed by atoms with E-state index in [0.717, 1.165) is 17.3 Å². The van der Waals surface area contributed by atoms with E-state index in [9.17, 15) is 14.9 Å². The molecular formula is C17H14ClN5O3S. The van der Waals surface area contributed by atoms with Gasteiger partial charge in [-0.15, -0.1) is 10.2 Å². The van der Waals surface area contributed by atoms with Gasteiger partial charge < -0.3 is 9.88 Å². The van der Waals surface area contributed by atoms with Gasteiger partial charge in [-0.1, -0.05) is 17.7 Å². The zero-order valence-electron chi connectivity index (χ0n) is 14.3. The van der Waals surface area contributed by atoms with Crippen molar-refractivity contribution < 1.29 is 9.72 Å². The van der Waals surface area contributed by atoms with Crippen molar-refractivity contribution in [1.82, 2.24) is 14.8 Å². The zero-order chi connectivity index (χ0) is 19.6. The van der Waals surface area contributed by atoms with E-state index >= 15 is 0 Å². The number of nitrogens with one attached hydrogen (secondary N) is 1. The molecule has 0 spiro atoms. The van der Waals surface area contributed by atoms with E-state index in [2.05, 4.69) is 15.5 Å². The van der Waals surface area contributed by atoms with Crippen LogP contribution in [0, 0.1) is 17.0 Å². The maximum atomic E-state index is 12.5. The number of nitro benzene ring substituents is 1. The second-order valence-corrected chi connectivity index (χ2v) is 7.10. The Hall–Kier alpha value is -2.91. The van der Waals surface area contributed by atoms with E-state index < -0.39 is 10.8 Å². The summed E-state index contributed by atoms with van der Waals surface area (Å²) in [5.74, 6) is -0.465. The number of hydrogen-bond acceptors (Lipinski definition) is 6. The first-order chi connectivity index (χ1) is 12.8. The number of amides is 1. The molecule has 0 aliphatic carbocycles. The fraction of sp³-hybridized carbons (Fsp3) is 0.118. The van der Waals surface area contributed by atoms with Gasteiger partial charge in [0.15, 0.2) is 5.16 Å². The predicted molar refractivity (Wildman–Crippen MR) is 102 cm³/mol. The van der Waals surface area contributed by atoms with E-state index in [1.54, 1.807) is 29.8 Å². The van der Waals surface area contributed by atoms with E-state index in [1.807, 2.05) is 6.92 Å². The molecule has 0 atom stereocenters. The molecule has 1 N–H and O–H groups in total. The summed E-state index contributed by atoms with van der Waals surface area (Å²) in [6.45, 7) is 1.85. The Bertz CT molecular complexity index is 1040. The molecule has 0 saturated carbocycles. The van der Waals surface area contributed by atoms with Crippen LogP contribution in [0.25, 0.3) is 0 Å². The van der Waals surface area contributed by atoms with Crippen LogP contribution in [0.5, 0.6) is 0 Å². The van der Waals surface area contributed by atoms with Crippen molar-refractivity contribution in [1.29, 1.82) is 0 Å². The van der Waals surface area contributed by atoms with Gasteiger partial charge in [-0.25, -0.2) is 0 Å². The van der Waals surface area contributed by atoms with Gasteiger partial charge in [0, 0.05) is 29.4 Å². The number of nitrogens with zero attached hydrogens (tertiary/aromatic N) is 4. The van der Waals surface area contributed by atoms with Crippen LogP contribution >= 0.6 is 23.4 Å². The lowest BCUT2D eigenvalue weighted by atomic mass is 10.1. The Morgan fingerprint density at radius 1 is 1.30 bits per heavy atom. The molecule has 0 fully saturated rings. The van der Waals surface area contributed by atoms with Crippen molar-refractivity contribution in [2.45, 2.75) is 17.0 Å². The minimum absolute atomic E-state index is 0.167. The number of benzene rings is 2. The molecule has 1 heterocycles. The van der Waals surface area contributed by atoms with Gasteiger partial charge in [0.25, 0.3) is 11.6 Å². The molecule has 2 aromatic carbocycles. The first-order valence-corrected chi connectivity index (χ1v) is 8.92. The van der Waals surface area contributed by atoms with E-state index in [-0.39, 0.29) is 11.3 Å². The number of nitro groups is 1. The van der Waals surface area contributed by atoms with Crippen LogP contribution in [0.15, 0.2) is 52.8 Å². The van der Waals surface area contributed by atoms with Gasteiger partial charge in [0.05, 0.1) is 9.82 Å². The molecule has 0 bridgehead atoms. The van der Waals surface area contributed by atoms with Gasteiger partial charge in [-0.3, -0.25) is 14.9 Å². The minimum Gasteiger partial charge on any atom is -0.322 e. The lowest BCUT2D eigenvalue weighted by Gasteiger charge is -2.08. The average Bonchev–Trinajstić information content (AvgIpc) is 3.03. The third kappa shape index (κ3) is 4.26. The predicted octanol–water partition coefficient (Wildman–Crippen LogP) is 4.09. The highest BCUT2D eigenvalue weighted by Gasteiger charge is 2.20. The Labute approximate surface area is 163 Å². The van der Waals surface area contributed by atoms with Gasteiger partial charge in [-0.05, 0) is 48.5 Å². The lowest BCUT2D eigenvalue weighted by Crippen LogP contribution is -2.12. The summed E-state index contributed by atoms with van der Waals surface area (Å²) in [7, 11) is 1.74. The summed E-state index contributed by atoms with van der Waals surface area (Å²) < 4.78 is 1.65.